The van der Waals surface area contributed by atoms with Crippen molar-refractivity contribution in [3.8, 4) is 86.2 Å². The van der Waals surface area contributed by atoms with Crippen LogP contribution in [0.15, 0.2) is 60.7 Å². The molecule has 67 heavy (non-hydrogen) atoms. The largest absolute Gasteiger partial charge is 0.504 e. The van der Waals surface area contributed by atoms with Gasteiger partial charge in [-0.05, 0) is 60.7 Å². The summed E-state index contributed by atoms with van der Waals surface area (Å²) < 4.78 is 33.2. The molecule has 1 aliphatic heterocycles. The Balaban J connectivity index is 1.52. The zero-order valence-corrected chi connectivity index (χ0v) is 33.1. The number of hydrogen-bond donors (Lipinski definition) is 15. The van der Waals surface area contributed by atoms with E-state index in [1.165, 1.54) is 0 Å². The molecule has 5 atom stereocenters. The average Bonchev–Trinajstić information content (AvgIpc) is 3.27. The van der Waals surface area contributed by atoms with Crippen molar-refractivity contribution in [2.24, 2.45) is 0 Å². The molecule has 5 aromatic rings. The Kier molecular flexibility index (Phi) is 12.8. The van der Waals surface area contributed by atoms with Crippen molar-refractivity contribution in [3.05, 3.63) is 88.5 Å². The first-order valence-electron chi connectivity index (χ1n) is 18.4. The quantitative estimate of drug-likeness (QED) is 0.0509. The van der Waals surface area contributed by atoms with E-state index in [0.717, 1.165) is 0 Å². The molecule has 0 radical (unpaired) electrons. The summed E-state index contributed by atoms with van der Waals surface area (Å²) in [7, 11) is 0. The van der Waals surface area contributed by atoms with Crippen LogP contribution < -0.4 is 0 Å². The van der Waals surface area contributed by atoms with Crippen molar-refractivity contribution in [2.45, 2.75) is 30.7 Å². The summed E-state index contributed by atoms with van der Waals surface area (Å²) in [5, 5.41) is 150. The molecular weight excluding hydrogens is 908 g/mol. The lowest BCUT2D eigenvalue weighted by atomic mass is 9.97. The molecule has 0 saturated carbocycles. The second kappa shape index (κ2) is 18.3. The molecule has 1 fully saturated rings. The van der Waals surface area contributed by atoms with Gasteiger partial charge in [-0.15, -0.1) is 0 Å². The van der Waals surface area contributed by atoms with E-state index in [4.69, 9.17) is 28.4 Å². The molecule has 1 saturated heterocycles. The topological polar surface area (TPSA) is 444 Å². The van der Waals surface area contributed by atoms with Crippen LogP contribution in [0.1, 0.15) is 51.8 Å². The van der Waals surface area contributed by atoms with E-state index < -0.39 is 181 Å². The minimum absolute atomic E-state index is 0.534. The van der Waals surface area contributed by atoms with Crippen LogP contribution in [0.25, 0.3) is 0 Å². The van der Waals surface area contributed by atoms with Gasteiger partial charge in [0.25, 0.3) is 0 Å². The number of phenolic OH excluding ortho intramolecular Hbond substituents is 15. The van der Waals surface area contributed by atoms with Crippen LogP contribution >= 0.6 is 0 Å². The van der Waals surface area contributed by atoms with Gasteiger partial charge in [-0.1, -0.05) is 0 Å². The predicted molar refractivity (Wildman–Crippen MR) is 209 cm³/mol. The summed E-state index contributed by atoms with van der Waals surface area (Å²) in [6.45, 7) is -1.25. The van der Waals surface area contributed by atoms with E-state index in [2.05, 4.69) is 0 Å². The number of ether oxygens (including phenoxy) is 6. The average molecular weight is 941 g/mol. The highest BCUT2D eigenvalue weighted by atomic mass is 16.7. The van der Waals surface area contributed by atoms with Gasteiger partial charge < -0.3 is 105 Å². The molecule has 0 bridgehead atoms. The molecule has 1 heterocycles. The summed E-state index contributed by atoms with van der Waals surface area (Å²) in [6.07, 6.45) is -12.2. The van der Waals surface area contributed by atoms with Crippen LogP contribution in [0, 0.1) is 0 Å². The number of hydrogen-bond acceptors (Lipinski definition) is 26. The smallest absolute Gasteiger partial charge is 0.340 e. The zero-order chi connectivity index (χ0) is 49.3. The second-order valence-corrected chi connectivity index (χ2v) is 14.0. The normalized spacial score (nSPS) is 17.7. The Hall–Kier alpha value is -9.59. The number of aromatic hydroxyl groups is 15. The number of benzene rings is 5. The number of phenols is 15. The Morgan fingerprint density at radius 1 is 0.343 bits per heavy atom. The summed E-state index contributed by atoms with van der Waals surface area (Å²) in [5.74, 6) is -24.5. The van der Waals surface area contributed by atoms with E-state index in [1.54, 1.807) is 0 Å². The first-order valence-corrected chi connectivity index (χ1v) is 18.4. The first kappa shape index (κ1) is 46.9. The van der Waals surface area contributed by atoms with Gasteiger partial charge in [0, 0.05) is 0 Å². The molecular formula is C41H32O26. The summed E-state index contributed by atoms with van der Waals surface area (Å²) in [5.41, 5.74) is -3.88. The van der Waals surface area contributed by atoms with Crippen molar-refractivity contribution in [1.82, 2.24) is 0 Å². The monoisotopic (exact) mass is 940 g/mol. The van der Waals surface area contributed by atoms with E-state index >= 15 is 0 Å². The highest BCUT2D eigenvalue weighted by Gasteiger charge is 2.55. The van der Waals surface area contributed by atoms with Crippen LogP contribution in [0.5, 0.6) is 86.2 Å². The molecule has 26 nitrogen and oxygen atoms in total. The molecule has 352 valence electrons. The van der Waals surface area contributed by atoms with Crippen molar-refractivity contribution >= 4 is 29.8 Å². The Bertz CT molecular complexity index is 2720. The number of rotatable bonds is 11. The third kappa shape index (κ3) is 9.67. The highest BCUT2D eigenvalue weighted by Crippen LogP contribution is 2.41. The molecule has 5 aromatic carbocycles. The first-order chi connectivity index (χ1) is 31.4. The van der Waals surface area contributed by atoms with Gasteiger partial charge in [-0.2, -0.15) is 0 Å². The lowest BCUT2D eigenvalue weighted by Gasteiger charge is -2.43. The van der Waals surface area contributed by atoms with Crippen LogP contribution in [0.4, 0.5) is 0 Å². The third-order valence-corrected chi connectivity index (χ3v) is 9.45. The minimum atomic E-state index is -2.56. The molecule has 6 rings (SSSR count). The van der Waals surface area contributed by atoms with E-state index in [-0.39, 0.29) is 0 Å². The van der Waals surface area contributed by atoms with Gasteiger partial charge in [0.2, 0.25) is 12.4 Å². The number of esters is 5. The molecule has 0 spiro atoms. The molecule has 0 aromatic heterocycles. The van der Waals surface area contributed by atoms with E-state index in [9.17, 15) is 101 Å². The molecule has 0 amide bonds. The maximum Gasteiger partial charge on any atom is 0.340 e. The molecule has 2 unspecified atom stereocenters. The third-order valence-electron chi connectivity index (χ3n) is 9.45. The maximum absolute atomic E-state index is 13.9. The molecule has 15 N–H and O–H groups in total. The van der Waals surface area contributed by atoms with Crippen molar-refractivity contribution in [3.63, 3.8) is 0 Å². The Labute approximate surface area is 370 Å². The summed E-state index contributed by atoms with van der Waals surface area (Å²) in [4.78, 5) is 68.5. The van der Waals surface area contributed by atoms with Crippen LogP contribution in [0.3, 0.4) is 0 Å². The van der Waals surface area contributed by atoms with Crippen LogP contribution in [-0.4, -0.2) is 144 Å². The maximum atomic E-state index is 13.9. The number of carbonyl (C=O) groups is 5. The van der Waals surface area contributed by atoms with Crippen LogP contribution in [-0.2, 0) is 28.4 Å². The zero-order valence-electron chi connectivity index (χ0n) is 33.1. The van der Waals surface area contributed by atoms with Gasteiger partial charge in [0.05, 0.1) is 27.8 Å². The minimum Gasteiger partial charge on any atom is -0.504 e. The Morgan fingerprint density at radius 2 is 0.582 bits per heavy atom. The van der Waals surface area contributed by atoms with Gasteiger partial charge in [-0.3, -0.25) is 0 Å². The molecule has 1 aliphatic rings. The molecule has 0 aliphatic carbocycles. The van der Waals surface area contributed by atoms with Crippen molar-refractivity contribution in [1.29, 1.82) is 0 Å². The van der Waals surface area contributed by atoms with Gasteiger partial charge >= 0.3 is 29.8 Å². The predicted octanol–water partition coefficient (Wildman–Crippen LogP) is 1.69. The van der Waals surface area contributed by atoms with Gasteiger partial charge in [0.15, 0.2) is 98.5 Å². The second-order valence-electron chi connectivity index (χ2n) is 14.0. The van der Waals surface area contributed by atoms with Crippen molar-refractivity contribution < 1.29 is 129 Å². The Morgan fingerprint density at radius 3 is 0.881 bits per heavy atom. The van der Waals surface area contributed by atoms with Gasteiger partial charge in [-0.25, -0.2) is 24.0 Å². The summed E-state index contributed by atoms with van der Waals surface area (Å²) in [6, 6.07) is 5.60. The fourth-order valence-electron chi connectivity index (χ4n) is 6.11. The van der Waals surface area contributed by atoms with Gasteiger partial charge in [0.1, 0.15) is 12.7 Å². The standard InChI is InChI=1S/C41H32O26/c42-17-1-12(2-18(43)28(17)52)36(57)62-11-27-33(64-37(58)13-3-19(44)29(53)20(45)4-13)34(65-38(59)14-5-21(46)30(54)22(47)6-14)35(66-39(60)15-7-23(48)31(55)24(49)8-15)41(63-27)67-40(61)16-9-25(50)32(56)26(51)10-16/h1-10,27,33-35,41-56H,11H2/t27?,33-,34+,35-,41?/m1/s1. The van der Waals surface area contributed by atoms with E-state index in [0.29, 0.717) is 60.7 Å². The SMILES string of the molecule is O=C(OCC1OC(OC(=O)c2cc(O)c(O)c(O)c2)[C@H](OC(=O)c2cc(O)c(O)c(O)c2)[C@@H](OC(=O)c2cc(O)c(O)c(O)c2)[C@@H]1OC(=O)c1cc(O)c(O)c(O)c1)c1cc(O)c(O)c(O)c1. The fraction of sp³-hybridized carbons (Fsp3) is 0.146. The lowest BCUT2D eigenvalue weighted by Crippen LogP contribution is -2.63. The number of carbonyl (C=O) groups excluding carboxylic acids is 5. The van der Waals surface area contributed by atoms with E-state index in [1.807, 2.05) is 0 Å². The fourth-order valence-corrected chi connectivity index (χ4v) is 6.11. The molecule has 26 heteroatoms. The lowest BCUT2D eigenvalue weighted by molar-refractivity contribution is -0.282. The van der Waals surface area contributed by atoms with Crippen LogP contribution in [0.2, 0.25) is 0 Å². The highest BCUT2D eigenvalue weighted by molar-refractivity contribution is 5.94. The van der Waals surface area contributed by atoms with Crippen molar-refractivity contribution in [2.75, 3.05) is 6.61 Å². The summed E-state index contributed by atoms with van der Waals surface area (Å²) >= 11 is 0.